The van der Waals surface area contributed by atoms with Crippen LogP contribution in [0.3, 0.4) is 0 Å². The Kier molecular flexibility index (Phi) is 5.75. The van der Waals surface area contributed by atoms with E-state index in [0.717, 1.165) is 27.5 Å². The first kappa shape index (κ1) is 17.9. The molecule has 0 amide bonds. The molecule has 0 radical (unpaired) electrons. The summed E-state index contributed by atoms with van der Waals surface area (Å²) in [6.07, 6.45) is 1.51. The van der Waals surface area contributed by atoms with Gasteiger partial charge in [-0.2, -0.15) is 0 Å². The summed E-state index contributed by atoms with van der Waals surface area (Å²) in [6.45, 7) is 1.01. The lowest BCUT2D eigenvalue weighted by atomic mass is 10.2. The van der Waals surface area contributed by atoms with E-state index in [1.54, 1.807) is 18.2 Å². The van der Waals surface area contributed by atoms with Crippen LogP contribution >= 0.6 is 31.9 Å². The van der Waals surface area contributed by atoms with E-state index in [-0.39, 0.29) is 0 Å². The second-order valence-electron chi connectivity index (χ2n) is 5.48. The summed E-state index contributed by atoms with van der Waals surface area (Å²) in [5.74, 6) is 0.176. The molecule has 2 aromatic carbocycles. The van der Waals surface area contributed by atoms with Crippen LogP contribution in [0.4, 0.5) is 0 Å². The topological polar surface area (TPSA) is 61.4 Å². The lowest BCUT2D eigenvalue weighted by molar-refractivity contribution is 0.301. The summed E-state index contributed by atoms with van der Waals surface area (Å²) in [4.78, 5) is 23.8. The van der Waals surface area contributed by atoms with Crippen molar-refractivity contribution in [1.29, 1.82) is 0 Å². The van der Waals surface area contributed by atoms with E-state index in [1.165, 1.54) is 4.57 Å². The fourth-order valence-corrected chi connectivity index (χ4v) is 3.12. The first-order valence-electron chi connectivity index (χ1n) is 7.76. The first-order chi connectivity index (χ1) is 12.0. The van der Waals surface area contributed by atoms with Crippen LogP contribution in [0.25, 0.3) is 10.9 Å². The molecule has 5 nitrogen and oxygen atoms in total. The minimum Gasteiger partial charge on any atom is -0.494 e. The number of halogens is 2. The highest BCUT2D eigenvalue weighted by atomic mass is 79.9. The zero-order valence-electron chi connectivity index (χ0n) is 13.2. The van der Waals surface area contributed by atoms with Gasteiger partial charge in [-0.05, 0) is 55.3 Å². The standard InChI is InChI=1S/C18H15Br2NO4/c19-12-3-6-14(7-4-12)24-10-2-1-9-21-16-8-5-13(20)11-15(16)17(22)25-18(21)23/h3-8,11H,1-2,9-10H2. The van der Waals surface area contributed by atoms with Crippen LogP contribution in [-0.4, -0.2) is 11.2 Å². The number of aromatic nitrogens is 1. The van der Waals surface area contributed by atoms with Crippen molar-refractivity contribution >= 4 is 42.8 Å². The fourth-order valence-electron chi connectivity index (χ4n) is 2.50. The quantitative estimate of drug-likeness (QED) is 0.505. The Morgan fingerprint density at radius 3 is 2.44 bits per heavy atom. The Labute approximate surface area is 160 Å². The third kappa shape index (κ3) is 4.41. The number of hydrogen-bond acceptors (Lipinski definition) is 4. The molecule has 0 saturated heterocycles. The lowest BCUT2D eigenvalue weighted by Gasteiger charge is -2.09. The van der Waals surface area contributed by atoms with E-state index >= 15 is 0 Å². The van der Waals surface area contributed by atoms with Crippen molar-refractivity contribution in [2.75, 3.05) is 6.61 Å². The van der Waals surface area contributed by atoms with Crippen LogP contribution in [0.5, 0.6) is 5.75 Å². The van der Waals surface area contributed by atoms with E-state index in [4.69, 9.17) is 9.15 Å². The molecule has 7 heteroatoms. The van der Waals surface area contributed by atoms with Gasteiger partial charge in [0.25, 0.3) is 0 Å². The second kappa shape index (κ2) is 8.01. The maximum Gasteiger partial charge on any atom is 0.422 e. The number of aryl methyl sites for hydroxylation is 1. The van der Waals surface area contributed by atoms with E-state index in [1.807, 2.05) is 24.3 Å². The maximum absolute atomic E-state index is 12.0. The number of benzene rings is 2. The molecule has 0 fully saturated rings. The highest BCUT2D eigenvalue weighted by Gasteiger charge is 2.09. The van der Waals surface area contributed by atoms with Gasteiger partial charge in [0.2, 0.25) is 0 Å². The number of hydrogen-bond donors (Lipinski definition) is 0. The maximum atomic E-state index is 12.0. The van der Waals surface area contributed by atoms with Gasteiger partial charge in [-0.15, -0.1) is 0 Å². The zero-order chi connectivity index (χ0) is 17.8. The molecule has 1 heterocycles. The molecule has 0 atom stereocenters. The van der Waals surface area contributed by atoms with Gasteiger partial charge in [0, 0.05) is 15.5 Å². The molecule has 1 aromatic heterocycles. The molecule has 3 rings (SSSR count). The second-order valence-corrected chi connectivity index (χ2v) is 7.31. The predicted octanol–water partition coefficient (Wildman–Crippen LogP) is 4.34. The number of unbranched alkanes of at least 4 members (excludes halogenated alkanes) is 1. The van der Waals surface area contributed by atoms with Gasteiger partial charge in [0.1, 0.15) is 5.75 Å². The minimum absolute atomic E-state index is 0.389. The molecule has 130 valence electrons. The van der Waals surface area contributed by atoms with Crippen molar-refractivity contribution in [2.45, 2.75) is 19.4 Å². The van der Waals surface area contributed by atoms with Crippen LogP contribution < -0.4 is 16.1 Å². The summed E-state index contributed by atoms with van der Waals surface area (Å²) in [5.41, 5.74) is -0.0330. The lowest BCUT2D eigenvalue weighted by Crippen LogP contribution is -2.25. The predicted molar refractivity (Wildman–Crippen MR) is 103 cm³/mol. The summed E-state index contributed by atoms with van der Waals surface area (Å²) < 4.78 is 13.7. The Morgan fingerprint density at radius 1 is 0.960 bits per heavy atom. The number of ether oxygens (including phenoxy) is 1. The van der Waals surface area contributed by atoms with Crippen LogP contribution in [0.15, 0.2) is 65.4 Å². The molecular weight excluding hydrogens is 454 g/mol. The minimum atomic E-state index is -0.631. The largest absolute Gasteiger partial charge is 0.494 e. The molecular formula is C18H15Br2NO4. The van der Waals surface area contributed by atoms with Gasteiger partial charge in [0.05, 0.1) is 17.5 Å². The van der Waals surface area contributed by atoms with E-state index < -0.39 is 11.4 Å². The van der Waals surface area contributed by atoms with Crippen LogP contribution in [0, 0.1) is 0 Å². The summed E-state index contributed by atoms with van der Waals surface area (Å²) >= 11 is 6.70. The molecule has 0 aliphatic rings. The van der Waals surface area contributed by atoms with E-state index in [9.17, 15) is 9.59 Å². The molecule has 0 spiro atoms. The average molecular weight is 469 g/mol. The Bertz CT molecular complexity index is 993. The Hall–Kier alpha value is -1.86. The van der Waals surface area contributed by atoms with Crippen molar-refractivity contribution < 1.29 is 9.15 Å². The van der Waals surface area contributed by atoms with E-state index in [0.29, 0.717) is 24.1 Å². The van der Waals surface area contributed by atoms with Crippen molar-refractivity contribution in [2.24, 2.45) is 0 Å². The average Bonchev–Trinajstić information content (AvgIpc) is 2.59. The Morgan fingerprint density at radius 2 is 1.68 bits per heavy atom. The molecule has 0 saturated carbocycles. The fraction of sp³-hybridized carbons (Fsp3) is 0.222. The monoisotopic (exact) mass is 467 g/mol. The van der Waals surface area contributed by atoms with Crippen LogP contribution in [-0.2, 0) is 6.54 Å². The van der Waals surface area contributed by atoms with Crippen molar-refractivity contribution in [1.82, 2.24) is 4.57 Å². The van der Waals surface area contributed by atoms with Gasteiger partial charge < -0.3 is 9.15 Å². The third-order valence-corrected chi connectivity index (χ3v) is 4.75. The number of fused-ring (bicyclic) bond motifs is 1. The molecule has 0 unspecified atom stereocenters. The van der Waals surface area contributed by atoms with E-state index in [2.05, 4.69) is 31.9 Å². The SMILES string of the molecule is O=c1oc(=O)n(CCCCOc2ccc(Br)cc2)c2ccc(Br)cc12. The summed E-state index contributed by atoms with van der Waals surface area (Å²) in [7, 11) is 0. The third-order valence-electron chi connectivity index (χ3n) is 3.73. The van der Waals surface area contributed by atoms with Crippen LogP contribution in [0.2, 0.25) is 0 Å². The number of nitrogens with zero attached hydrogens (tertiary/aromatic N) is 1. The van der Waals surface area contributed by atoms with Gasteiger partial charge in [-0.3, -0.25) is 4.57 Å². The van der Waals surface area contributed by atoms with Crippen molar-refractivity contribution in [3.8, 4) is 5.75 Å². The van der Waals surface area contributed by atoms with Gasteiger partial charge in [0.15, 0.2) is 0 Å². The Balaban J connectivity index is 1.64. The summed E-state index contributed by atoms with van der Waals surface area (Å²) in [6, 6.07) is 12.8. The molecule has 0 bridgehead atoms. The highest BCUT2D eigenvalue weighted by Crippen LogP contribution is 2.17. The molecule has 25 heavy (non-hydrogen) atoms. The first-order valence-corrected chi connectivity index (χ1v) is 9.35. The highest BCUT2D eigenvalue weighted by molar-refractivity contribution is 9.10. The van der Waals surface area contributed by atoms with Gasteiger partial charge in [-0.25, -0.2) is 9.59 Å². The smallest absolute Gasteiger partial charge is 0.422 e. The molecule has 3 aromatic rings. The van der Waals surface area contributed by atoms with Crippen molar-refractivity contribution in [3.63, 3.8) is 0 Å². The van der Waals surface area contributed by atoms with Gasteiger partial charge >= 0.3 is 11.4 Å². The van der Waals surface area contributed by atoms with Crippen LogP contribution in [0.1, 0.15) is 12.8 Å². The molecule has 0 aliphatic carbocycles. The molecule has 0 N–H and O–H groups in total. The normalized spacial score (nSPS) is 11.0. The number of rotatable bonds is 6. The van der Waals surface area contributed by atoms with Gasteiger partial charge in [-0.1, -0.05) is 31.9 Å². The summed E-state index contributed by atoms with van der Waals surface area (Å²) in [5, 5.41) is 0.389. The molecule has 0 aliphatic heterocycles. The zero-order valence-corrected chi connectivity index (χ0v) is 16.4. The van der Waals surface area contributed by atoms with Crippen molar-refractivity contribution in [3.05, 3.63) is 72.4 Å².